The Hall–Kier alpha value is -2.16. The summed E-state index contributed by atoms with van der Waals surface area (Å²) in [5, 5.41) is 0. The van der Waals surface area contributed by atoms with Gasteiger partial charge in [0.05, 0.1) is 5.41 Å². The lowest BCUT2D eigenvalue weighted by Crippen LogP contribution is -2.54. The summed E-state index contributed by atoms with van der Waals surface area (Å²) in [6.45, 7) is 18.5. The zero-order chi connectivity index (χ0) is 25.3. The monoisotopic (exact) mass is 520 g/mol. The van der Waals surface area contributed by atoms with E-state index in [-0.39, 0.29) is 19.8 Å². The van der Waals surface area contributed by atoms with Gasteiger partial charge in [0.15, 0.2) is 18.3 Å². The van der Waals surface area contributed by atoms with Crippen LogP contribution in [0.5, 0.6) is 0 Å². The molecule has 12 nitrogen and oxygen atoms in total. The average molecular weight is 520 g/mol. The summed E-state index contributed by atoms with van der Waals surface area (Å²) < 4.78 is 72.7. The van der Waals surface area contributed by atoms with Gasteiger partial charge in [-0.25, -0.2) is 0 Å². The van der Waals surface area contributed by atoms with Gasteiger partial charge >= 0.3 is 0 Å². The van der Waals surface area contributed by atoms with Gasteiger partial charge in [0.2, 0.25) is 30.9 Å². The number of hydrogen-bond donors (Lipinski definition) is 0. The second-order valence-electron chi connectivity index (χ2n) is 10.6. The largest absolute Gasteiger partial charge is 0.464 e. The normalized spacial score (nSPS) is 55.5. The number of ether oxygens (including phenoxy) is 12. The molecule has 0 radical (unpaired) electrons. The lowest BCUT2D eigenvalue weighted by Gasteiger charge is -2.32. The fraction of sp³-hybridized carbons (Fsp3) is 0.680. The summed E-state index contributed by atoms with van der Waals surface area (Å²) >= 11 is 0. The maximum Gasteiger partial charge on any atom is 0.231 e. The molecule has 0 aromatic rings. The molecule has 0 N–H and O–H groups in total. The van der Waals surface area contributed by atoms with Gasteiger partial charge in [-0.1, -0.05) is 26.3 Å². The molecule has 8 rings (SSSR count). The molecule has 12 atom stereocenters. The highest BCUT2D eigenvalue weighted by atomic mass is 16.9. The van der Waals surface area contributed by atoms with Crippen LogP contribution in [0.2, 0.25) is 0 Å². The second-order valence-corrected chi connectivity index (χ2v) is 10.6. The highest BCUT2D eigenvalue weighted by Gasteiger charge is 2.97. The van der Waals surface area contributed by atoms with E-state index in [4.69, 9.17) is 56.8 Å². The molecule has 8 aliphatic rings. The van der Waals surface area contributed by atoms with Gasteiger partial charge in [-0.2, -0.15) is 0 Å². The Morgan fingerprint density at radius 2 is 1.00 bits per heavy atom. The fourth-order valence-corrected chi connectivity index (χ4v) is 6.66. The van der Waals surface area contributed by atoms with Gasteiger partial charge in [0, 0.05) is 0 Å². The predicted octanol–water partition coefficient (Wildman–Crippen LogP) is 0.938. The number of rotatable bonds is 5. The first kappa shape index (κ1) is 22.8. The fourth-order valence-electron chi connectivity index (χ4n) is 6.66. The summed E-state index contributed by atoms with van der Waals surface area (Å²) in [7, 11) is 0. The van der Waals surface area contributed by atoms with E-state index in [9.17, 15) is 0 Å². The highest BCUT2D eigenvalue weighted by Crippen LogP contribution is 2.77. The molecule has 0 aromatic carbocycles. The molecule has 0 aromatic heterocycles. The molecule has 2 spiro atoms. The molecule has 8 fully saturated rings. The topological polar surface area (TPSA) is 121 Å². The minimum atomic E-state index is -1.23. The van der Waals surface area contributed by atoms with Crippen molar-refractivity contribution in [2.45, 2.75) is 74.0 Å². The minimum Gasteiger partial charge on any atom is -0.464 e. The molecular weight excluding hydrogens is 492 g/mol. The molecule has 200 valence electrons. The summed E-state index contributed by atoms with van der Waals surface area (Å²) in [5.74, 6) is 0.827. The molecule has 0 amide bonds. The molecule has 0 aliphatic carbocycles. The van der Waals surface area contributed by atoms with Gasteiger partial charge in [-0.15, -0.1) is 0 Å². The van der Waals surface area contributed by atoms with Crippen LogP contribution in [-0.2, 0) is 56.8 Å². The Kier molecular flexibility index (Phi) is 4.48. The maximum absolute atomic E-state index is 6.76. The van der Waals surface area contributed by atoms with Crippen LogP contribution in [0.3, 0.4) is 0 Å². The van der Waals surface area contributed by atoms with Gasteiger partial charge in [0.1, 0.15) is 67.3 Å². The molecule has 0 bridgehead atoms. The molecule has 12 heteroatoms. The van der Waals surface area contributed by atoms with Crippen molar-refractivity contribution >= 4 is 0 Å². The van der Waals surface area contributed by atoms with Crippen LogP contribution in [0.15, 0.2) is 49.4 Å². The molecule has 8 aliphatic heterocycles. The van der Waals surface area contributed by atoms with Crippen LogP contribution in [0.25, 0.3) is 0 Å². The van der Waals surface area contributed by atoms with Crippen LogP contribution in [0.1, 0.15) is 6.92 Å². The summed E-state index contributed by atoms with van der Waals surface area (Å²) in [6.07, 6.45) is -5.62. The minimum absolute atomic E-state index is 0.232. The van der Waals surface area contributed by atoms with Crippen LogP contribution < -0.4 is 0 Å². The SMILES string of the molecule is C=C1COC(C2OC2C2(C)C3(OC3C3OCC(=C)O3)OC(C3OCC(=C)O3)C23OC3C2OCC(=C)O2)O1. The van der Waals surface area contributed by atoms with E-state index in [1.165, 1.54) is 0 Å². The molecular formula is C25H28O12. The highest BCUT2D eigenvalue weighted by molar-refractivity contribution is 5.36. The third-order valence-electron chi connectivity index (χ3n) is 8.44. The van der Waals surface area contributed by atoms with Crippen molar-refractivity contribution in [2.24, 2.45) is 5.41 Å². The van der Waals surface area contributed by atoms with Crippen molar-refractivity contribution in [3.8, 4) is 0 Å². The van der Waals surface area contributed by atoms with E-state index < -0.39 is 72.5 Å². The second kappa shape index (κ2) is 7.27. The van der Waals surface area contributed by atoms with Crippen molar-refractivity contribution < 1.29 is 56.8 Å². The van der Waals surface area contributed by atoms with Crippen molar-refractivity contribution in [1.82, 2.24) is 0 Å². The Morgan fingerprint density at radius 1 is 0.568 bits per heavy atom. The van der Waals surface area contributed by atoms with Crippen LogP contribution in [0, 0.1) is 5.41 Å². The molecule has 8 heterocycles. The maximum atomic E-state index is 6.76. The van der Waals surface area contributed by atoms with E-state index in [0.717, 1.165) is 0 Å². The molecule has 0 saturated carbocycles. The van der Waals surface area contributed by atoms with Gasteiger partial charge < -0.3 is 56.8 Å². The number of hydrogen-bond acceptors (Lipinski definition) is 12. The zero-order valence-corrected chi connectivity index (χ0v) is 20.3. The van der Waals surface area contributed by atoms with Gasteiger partial charge in [0.25, 0.3) is 0 Å². The van der Waals surface area contributed by atoms with Gasteiger partial charge in [-0.3, -0.25) is 0 Å². The third-order valence-corrected chi connectivity index (χ3v) is 8.44. The lowest BCUT2D eigenvalue weighted by molar-refractivity contribution is -0.169. The first-order valence-corrected chi connectivity index (χ1v) is 12.3. The standard InChI is InChI=1S/C25H28O12/c1-10-6-26-19(30-10)14-15(34-14)23(5)24(16(35-24)20-27-7-11(2)31-20)17(21-28-8-12(3)32-21)36-25(23)18(37-25)22-29-9-13(4)33-22/h14-22H,1-4,6-9H2,5H3. The predicted molar refractivity (Wildman–Crippen MR) is 117 cm³/mol. The third kappa shape index (κ3) is 2.90. The van der Waals surface area contributed by atoms with E-state index in [1.54, 1.807) is 0 Å². The van der Waals surface area contributed by atoms with Crippen molar-refractivity contribution in [1.29, 1.82) is 0 Å². The summed E-state index contributed by atoms with van der Waals surface area (Å²) in [5.41, 5.74) is -2.01. The van der Waals surface area contributed by atoms with Crippen molar-refractivity contribution in [3.05, 3.63) is 49.4 Å². The van der Waals surface area contributed by atoms with Crippen molar-refractivity contribution in [3.63, 3.8) is 0 Å². The number of epoxide rings is 3. The molecule has 8 saturated heterocycles. The Bertz CT molecular complexity index is 1110. The Balaban J connectivity index is 1.19. The summed E-state index contributed by atoms with van der Waals surface area (Å²) in [4.78, 5) is 0. The van der Waals surface area contributed by atoms with Crippen LogP contribution >= 0.6 is 0 Å². The zero-order valence-electron chi connectivity index (χ0n) is 20.3. The quantitative estimate of drug-likeness (QED) is 0.480. The van der Waals surface area contributed by atoms with Gasteiger partial charge in [-0.05, 0) is 6.92 Å². The molecule has 12 unspecified atom stereocenters. The van der Waals surface area contributed by atoms with E-state index >= 15 is 0 Å². The Labute approximate surface area is 212 Å². The van der Waals surface area contributed by atoms with Crippen LogP contribution in [0.4, 0.5) is 0 Å². The first-order chi connectivity index (χ1) is 17.8. The first-order valence-electron chi connectivity index (χ1n) is 12.3. The average Bonchev–Trinajstić information content (AvgIpc) is 3.76. The smallest absolute Gasteiger partial charge is 0.231 e. The molecule has 37 heavy (non-hydrogen) atoms. The van der Waals surface area contributed by atoms with E-state index in [1.807, 2.05) is 6.92 Å². The van der Waals surface area contributed by atoms with E-state index in [2.05, 4.69) is 26.3 Å². The van der Waals surface area contributed by atoms with E-state index in [0.29, 0.717) is 29.6 Å². The summed E-state index contributed by atoms with van der Waals surface area (Å²) in [6, 6.07) is 0. The Morgan fingerprint density at radius 3 is 1.49 bits per heavy atom. The van der Waals surface area contributed by atoms with Crippen molar-refractivity contribution in [2.75, 3.05) is 26.4 Å². The van der Waals surface area contributed by atoms with Crippen LogP contribution in [-0.4, -0.2) is 93.5 Å². The lowest BCUT2D eigenvalue weighted by atomic mass is 9.66.